The Bertz CT molecular complexity index is 747. The van der Waals surface area contributed by atoms with Gasteiger partial charge in [0.2, 0.25) is 0 Å². The first kappa shape index (κ1) is 37.7. The fourth-order valence-electron chi connectivity index (χ4n) is 7.58. The molecule has 3 rings (SSSR count). The minimum atomic E-state index is -0.638. The predicted octanol–water partition coefficient (Wildman–Crippen LogP) is 7.94. The van der Waals surface area contributed by atoms with Crippen LogP contribution < -0.4 is 0 Å². The molecule has 3 N–H and O–H groups in total. The molecule has 0 aromatic heterocycles. The van der Waals surface area contributed by atoms with E-state index in [1.54, 1.807) is 6.92 Å². The van der Waals surface area contributed by atoms with Gasteiger partial charge in [0.05, 0.1) is 42.5 Å². The molecule has 3 heterocycles. The number of unbranched alkanes of at least 4 members (excludes halogenated alkanes) is 16. The van der Waals surface area contributed by atoms with Crippen LogP contribution in [0.1, 0.15) is 174 Å². The number of rotatable bonds is 25. The van der Waals surface area contributed by atoms with E-state index in [4.69, 9.17) is 14.2 Å². The first-order chi connectivity index (χ1) is 21.4. The van der Waals surface area contributed by atoms with Crippen LogP contribution in [0.2, 0.25) is 0 Å². The Labute approximate surface area is 269 Å². The predicted molar refractivity (Wildman–Crippen MR) is 175 cm³/mol. The molecule has 0 saturated carbocycles. The Kier molecular flexibility index (Phi) is 18.8. The highest BCUT2D eigenvalue weighted by Crippen LogP contribution is 2.35. The highest BCUT2D eigenvalue weighted by atomic mass is 16.6. The van der Waals surface area contributed by atoms with Gasteiger partial charge in [-0.1, -0.05) is 122 Å². The fourth-order valence-corrected chi connectivity index (χ4v) is 7.58. The maximum atomic E-state index is 11.7. The van der Waals surface area contributed by atoms with Crippen LogP contribution in [0.4, 0.5) is 0 Å². The zero-order valence-electron chi connectivity index (χ0n) is 28.3. The van der Waals surface area contributed by atoms with Crippen LogP contribution in [0.15, 0.2) is 0 Å². The third-order valence-corrected chi connectivity index (χ3v) is 10.6. The number of aliphatic hydroxyl groups is 3. The lowest BCUT2D eigenvalue weighted by molar-refractivity contribution is -0.143. The van der Waals surface area contributed by atoms with E-state index in [0.29, 0.717) is 0 Å². The van der Waals surface area contributed by atoms with E-state index in [2.05, 4.69) is 6.92 Å². The molecule has 0 aromatic carbocycles. The molecular weight excluding hydrogens is 556 g/mol. The van der Waals surface area contributed by atoms with E-state index in [1.807, 2.05) is 0 Å². The van der Waals surface area contributed by atoms with Gasteiger partial charge in [0.1, 0.15) is 12.2 Å². The molecule has 0 aliphatic carbocycles. The van der Waals surface area contributed by atoms with Crippen molar-refractivity contribution >= 4 is 5.97 Å². The van der Waals surface area contributed by atoms with Crippen molar-refractivity contribution in [1.29, 1.82) is 0 Å². The number of esters is 1. The van der Waals surface area contributed by atoms with E-state index in [1.165, 1.54) is 83.5 Å². The Morgan fingerprint density at radius 3 is 1.45 bits per heavy atom. The zero-order chi connectivity index (χ0) is 31.6. The minimum absolute atomic E-state index is 0.0554. The largest absolute Gasteiger partial charge is 0.460 e. The number of carbonyl (C=O) groups is 1. The van der Waals surface area contributed by atoms with Crippen molar-refractivity contribution in [3.8, 4) is 0 Å². The van der Waals surface area contributed by atoms with Crippen LogP contribution in [0.5, 0.6) is 0 Å². The normalized spacial score (nSPS) is 30.2. The number of hydrogen-bond donors (Lipinski definition) is 3. The summed E-state index contributed by atoms with van der Waals surface area (Å²) in [4.78, 5) is 11.7. The van der Waals surface area contributed by atoms with Crippen LogP contribution >= 0.6 is 0 Å². The third kappa shape index (κ3) is 13.6. The molecule has 7 nitrogen and oxygen atoms in total. The maximum absolute atomic E-state index is 11.7. The van der Waals surface area contributed by atoms with Gasteiger partial charge in [0, 0.05) is 0 Å². The van der Waals surface area contributed by atoms with Gasteiger partial charge in [0.25, 0.3) is 0 Å². The monoisotopic (exact) mass is 624 g/mol. The van der Waals surface area contributed by atoms with Gasteiger partial charge in [-0.3, -0.25) is 4.79 Å². The number of aliphatic hydroxyl groups excluding tert-OH is 3. The zero-order valence-corrected chi connectivity index (χ0v) is 28.3. The summed E-state index contributed by atoms with van der Waals surface area (Å²) in [5.74, 6) is -0.557. The molecule has 0 unspecified atom stereocenters. The average molecular weight is 625 g/mol. The van der Waals surface area contributed by atoms with E-state index in [0.717, 1.165) is 77.0 Å². The molecular formula is C37H68O7. The van der Waals surface area contributed by atoms with Crippen LogP contribution in [0.25, 0.3) is 0 Å². The van der Waals surface area contributed by atoms with Crippen LogP contribution in [0.3, 0.4) is 0 Å². The van der Waals surface area contributed by atoms with Crippen molar-refractivity contribution in [1.82, 2.24) is 0 Å². The van der Waals surface area contributed by atoms with E-state index < -0.39 is 6.10 Å². The summed E-state index contributed by atoms with van der Waals surface area (Å²) >= 11 is 0. The van der Waals surface area contributed by atoms with Crippen molar-refractivity contribution in [3.63, 3.8) is 0 Å². The highest BCUT2D eigenvalue weighted by molar-refractivity contribution is 5.75. The topological polar surface area (TPSA) is 105 Å². The Hall–Kier alpha value is -0.730. The second kappa shape index (κ2) is 22.0. The van der Waals surface area contributed by atoms with Crippen molar-refractivity contribution in [2.75, 3.05) is 0 Å². The summed E-state index contributed by atoms with van der Waals surface area (Å²) in [6, 6.07) is 0. The smallest absolute Gasteiger partial charge is 0.312 e. The first-order valence-electron chi connectivity index (χ1n) is 19.0. The second-order valence-electron chi connectivity index (χ2n) is 14.3. The van der Waals surface area contributed by atoms with Crippen molar-refractivity contribution < 1.29 is 34.3 Å². The summed E-state index contributed by atoms with van der Waals surface area (Å²) in [7, 11) is 0. The summed E-state index contributed by atoms with van der Waals surface area (Å²) in [6.07, 6.45) is 26.3. The number of hydrogen-bond acceptors (Lipinski definition) is 7. The Balaban J connectivity index is 1.11. The van der Waals surface area contributed by atoms with Gasteiger partial charge >= 0.3 is 5.97 Å². The molecule has 0 spiro atoms. The molecule has 0 amide bonds. The molecule has 0 bridgehead atoms. The molecule has 258 valence electrons. The number of cyclic esters (lactones) is 1. The summed E-state index contributed by atoms with van der Waals surface area (Å²) in [5, 5.41) is 31.5. The van der Waals surface area contributed by atoms with Gasteiger partial charge in [-0.2, -0.15) is 0 Å². The Morgan fingerprint density at radius 1 is 0.636 bits per heavy atom. The van der Waals surface area contributed by atoms with Crippen molar-refractivity contribution in [2.24, 2.45) is 5.92 Å². The number of carbonyl (C=O) groups excluding carboxylic acids is 1. The van der Waals surface area contributed by atoms with Gasteiger partial charge in [-0.15, -0.1) is 0 Å². The van der Waals surface area contributed by atoms with Gasteiger partial charge in [-0.25, -0.2) is 0 Å². The number of ether oxygens (including phenoxy) is 3. The van der Waals surface area contributed by atoms with Gasteiger partial charge < -0.3 is 29.5 Å². The Morgan fingerprint density at radius 2 is 1.05 bits per heavy atom. The minimum Gasteiger partial charge on any atom is -0.460 e. The van der Waals surface area contributed by atoms with Crippen molar-refractivity contribution in [3.05, 3.63) is 0 Å². The van der Waals surface area contributed by atoms with Gasteiger partial charge in [-0.05, 0) is 51.9 Å². The SMILES string of the molecule is CCCCCCCCCC[C@H](O)[C@@H]1CC[C@@H]([C@@H]2CC[C@H]([C@H](O)CCCCCCCCCCCC[C@H]3C(=O)O[C@@H](C)[C@H]3O)O2)O1. The standard InChI is InChI=1S/C37H68O7/c1-3-4-5-6-7-13-16-19-22-30(38)32-24-26-34(43-32)35-27-25-33(44-35)31(39)23-20-17-14-11-9-8-10-12-15-18-21-29-36(40)28(2)42-37(29)41/h28-36,38-40H,3-27H2,1-2H3/t28-,29+,30-,31+,32-,33+,34-,35-,36+/m0/s1. The summed E-state index contributed by atoms with van der Waals surface area (Å²) in [5.41, 5.74) is 0. The lowest BCUT2D eigenvalue weighted by Crippen LogP contribution is -2.33. The molecule has 7 heteroatoms. The molecule has 3 aliphatic heterocycles. The molecule has 44 heavy (non-hydrogen) atoms. The molecule has 9 atom stereocenters. The van der Waals surface area contributed by atoms with Crippen LogP contribution in [-0.2, 0) is 19.0 Å². The lowest BCUT2D eigenvalue weighted by Gasteiger charge is -2.24. The average Bonchev–Trinajstić information content (AvgIpc) is 3.75. The van der Waals surface area contributed by atoms with Crippen LogP contribution in [-0.4, -0.2) is 70.1 Å². The quantitative estimate of drug-likeness (QED) is 0.0699. The second-order valence-corrected chi connectivity index (χ2v) is 14.3. The van der Waals surface area contributed by atoms with Crippen molar-refractivity contribution in [2.45, 2.75) is 223 Å². The lowest BCUT2D eigenvalue weighted by atomic mass is 9.95. The molecule has 3 fully saturated rings. The first-order valence-corrected chi connectivity index (χ1v) is 19.0. The summed E-state index contributed by atoms with van der Waals surface area (Å²) in [6.45, 7) is 4.02. The van der Waals surface area contributed by atoms with E-state index in [-0.39, 0.29) is 54.6 Å². The fraction of sp³-hybridized carbons (Fsp3) is 0.973. The van der Waals surface area contributed by atoms with Crippen LogP contribution in [0, 0.1) is 5.92 Å². The molecule has 3 aliphatic rings. The molecule has 3 saturated heterocycles. The molecule has 0 aromatic rings. The third-order valence-electron chi connectivity index (χ3n) is 10.6. The van der Waals surface area contributed by atoms with Gasteiger partial charge in [0.15, 0.2) is 0 Å². The summed E-state index contributed by atoms with van der Waals surface area (Å²) < 4.78 is 17.7. The maximum Gasteiger partial charge on any atom is 0.312 e. The molecule has 0 radical (unpaired) electrons. The highest BCUT2D eigenvalue weighted by Gasteiger charge is 2.41. The van der Waals surface area contributed by atoms with E-state index in [9.17, 15) is 20.1 Å². The van der Waals surface area contributed by atoms with E-state index >= 15 is 0 Å².